The maximum Gasteiger partial charge on any atom is 0.287 e. The molecule has 0 heterocycles. The highest BCUT2D eigenvalue weighted by molar-refractivity contribution is 5.23. The van der Waals surface area contributed by atoms with Crippen LogP contribution in [0.1, 0.15) is 77.2 Å². The zero-order chi connectivity index (χ0) is 18.7. The Hall–Kier alpha value is -1.04. The smallest absolute Gasteiger partial charge is 0.287 e. The van der Waals surface area contributed by atoms with Crippen molar-refractivity contribution in [3.63, 3.8) is 0 Å². The van der Waals surface area contributed by atoms with E-state index in [0.29, 0.717) is 12.0 Å². The van der Waals surface area contributed by atoms with Gasteiger partial charge in [0.2, 0.25) is 0 Å². The maximum atomic E-state index is 13.7. The number of benzene rings is 1. The van der Waals surface area contributed by atoms with E-state index in [1.165, 1.54) is 25.3 Å². The van der Waals surface area contributed by atoms with Crippen LogP contribution in [-0.4, -0.2) is 24.3 Å². The van der Waals surface area contributed by atoms with E-state index in [0.717, 1.165) is 31.4 Å². The molecular formula is C20H32F2O3. The number of unbranched alkanes of at least 4 members (excludes halogenated alkanes) is 5. The van der Waals surface area contributed by atoms with E-state index in [1.54, 1.807) is 13.8 Å². The van der Waals surface area contributed by atoms with Gasteiger partial charge >= 0.3 is 0 Å². The van der Waals surface area contributed by atoms with Crippen LogP contribution in [0.5, 0.6) is 0 Å². The van der Waals surface area contributed by atoms with Crippen molar-refractivity contribution in [3.8, 4) is 0 Å². The van der Waals surface area contributed by atoms with Crippen molar-refractivity contribution < 1.29 is 23.4 Å². The van der Waals surface area contributed by atoms with E-state index in [9.17, 15) is 13.9 Å². The highest BCUT2D eigenvalue weighted by atomic mass is 19.2. The van der Waals surface area contributed by atoms with Crippen molar-refractivity contribution in [2.24, 2.45) is 0 Å². The molecule has 0 saturated heterocycles. The molecule has 0 spiro atoms. The van der Waals surface area contributed by atoms with Crippen LogP contribution < -0.4 is 0 Å². The molecule has 5 heteroatoms. The highest BCUT2D eigenvalue weighted by Gasteiger charge is 2.40. The van der Waals surface area contributed by atoms with Gasteiger partial charge in [-0.15, -0.1) is 0 Å². The zero-order valence-corrected chi connectivity index (χ0v) is 15.7. The number of hydrogen-bond donors (Lipinski definition) is 1. The molecule has 1 rings (SSSR count). The fourth-order valence-corrected chi connectivity index (χ4v) is 3.07. The molecule has 25 heavy (non-hydrogen) atoms. The number of ether oxygens (including phenoxy) is 2. The van der Waals surface area contributed by atoms with Gasteiger partial charge in [0.1, 0.15) is 0 Å². The largest absolute Gasteiger partial charge is 0.343 e. The summed E-state index contributed by atoms with van der Waals surface area (Å²) in [6.45, 7) is 6.21. The van der Waals surface area contributed by atoms with Gasteiger partial charge in [-0.05, 0) is 38.0 Å². The third-order valence-corrected chi connectivity index (χ3v) is 4.34. The molecule has 1 N–H and O–H groups in total. The van der Waals surface area contributed by atoms with E-state index in [-0.39, 0.29) is 13.2 Å². The number of aliphatic hydroxyl groups is 1. The minimum absolute atomic E-state index is 0.257. The summed E-state index contributed by atoms with van der Waals surface area (Å²) in [6.07, 6.45) is 7.17. The van der Waals surface area contributed by atoms with Gasteiger partial charge in [-0.1, -0.05) is 51.5 Å². The SMILES string of the molecule is CCCCCCCCC(c1ccc(F)c(F)c1)C(O)(OCC)OCC. The molecule has 0 amide bonds. The summed E-state index contributed by atoms with van der Waals surface area (Å²) >= 11 is 0. The third-order valence-electron chi connectivity index (χ3n) is 4.34. The third kappa shape index (κ3) is 7.00. The Morgan fingerprint density at radius 3 is 2.08 bits per heavy atom. The van der Waals surface area contributed by atoms with Gasteiger partial charge in [-0.3, -0.25) is 0 Å². The fraction of sp³-hybridized carbons (Fsp3) is 0.700. The van der Waals surface area contributed by atoms with Gasteiger partial charge in [-0.25, -0.2) is 8.78 Å². The van der Waals surface area contributed by atoms with Gasteiger partial charge in [0, 0.05) is 13.2 Å². The monoisotopic (exact) mass is 358 g/mol. The van der Waals surface area contributed by atoms with E-state index in [2.05, 4.69) is 6.92 Å². The summed E-state index contributed by atoms with van der Waals surface area (Å²) in [6, 6.07) is 3.69. The molecule has 0 fully saturated rings. The first-order chi connectivity index (χ1) is 12.0. The molecule has 0 aliphatic heterocycles. The predicted molar refractivity (Wildman–Crippen MR) is 95.3 cm³/mol. The normalized spacial score (nSPS) is 13.2. The Morgan fingerprint density at radius 2 is 1.52 bits per heavy atom. The number of rotatable bonds is 13. The summed E-state index contributed by atoms with van der Waals surface area (Å²) in [7, 11) is 0. The quantitative estimate of drug-likeness (QED) is 0.373. The lowest BCUT2D eigenvalue weighted by Gasteiger charge is -2.35. The van der Waals surface area contributed by atoms with Crippen LogP contribution in [0.2, 0.25) is 0 Å². The van der Waals surface area contributed by atoms with E-state index in [4.69, 9.17) is 9.47 Å². The molecule has 0 saturated carbocycles. The minimum Gasteiger partial charge on any atom is -0.343 e. The minimum atomic E-state index is -1.84. The molecule has 1 aromatic rings. The van der Waals surface area contributed by atoms with E-state index >= 15 is 0 Å². The summed E-state index contributed by atoms with van der Waals surface area (Å²) in [5, 5.41) is 10.9. The molecule has 0 aromatic heterocycles. The van der Waals surface area contributed by atoms with Crippen LogP contribution in [0, 0.1) is 11.6 Å². The summed E-state index contributed by atoms with van der Waals surface area (Å²) < 4.78 is 37.9. The Balaban J connectivity index is 2.90. The van der Waals surface area contributed by atoms with Crippen LogP contribution >= 0.6 is 0 Å². The summed E-state index contributed by atoms with van der Waals surface area (Å²) in [4.78, 5) is 0. The van der Waals surface area contributed by atoms with Gasteiger partial charge in [0.05, 0.1) is 5.92 Å². The van der Waals surface area contributed by atoms with Crippen LogP contribution in [0.25, 0.3) is 0 Å². The first kappa shape index (κ1) is 22.0. The second kappa shape index (κ2) is 11.6. The molecule has 1 aromatic carbocycles. The molecule has 144 valence electrons. The zero-order valence-electron chi connectivity index (χ0n) is 15.7. The van der Waals surface area contributed by atoms with Crippen molar-refractivity contribution in [2.45, 2.75) is 77.6 Å². The van der Waals surface area contributed by atoms with E-state index < -0.39 is 23.5 Å². The van der Waals surface area contributed by atoms with Gasteiger partial charge in [0.15, 0.2) is 11.6 Å². The summed E-state index contributed by atoms with van der Waals surface area (Å²) in [5.41, 5.74) is 0.483. The number of hydrogen-bond acceptors (Lipinski definition) is 3. The van der Waals surface area contributed by atoms with Crippen LogP contribution in [-0.2, 0) is 9.47 Å². The van der Waals surface area contributed by atoms with Crippen LogP contribution in [0.3, 0.4) is 0 Å². The average molecular weight is 358 g/mol. The van der Waals surface area contributed by atoms with Crippen molar-refractivity contribution in [1.82, 2.24) is 0 Å². The maximum absolute atomic E-state index is 13.7. The van der Waals surface area contributed by atoms with E-state index in [1.807, 2.05) is 0 Å². The lowest BCUT2D eigenvalue weighted by atomic mass is 9.90. The Morgan fingerprint density at radius 1 is 0.920 bits per heavy atom. The second-order valence-electron chi connectivity index (χ2n) is 6.28. The molecular weight excluding hydrogens is 326 g/mol. The standard InChI is InChI=1S/C20H32F2O3/c1-4-7-8-9-10-11-12-17(20(23,24-5-2)25-6-3)16-13-14-18(21)19(22)15-16/h13-15,17,23H,4-12H2,1-3H3. The molecule has 0 radical (unpaired) electrons. The molecule has 1 atom stereocenters. The first-order valence-electron chi connectivity index (χ1n) is 9.43. The highest BCUT2D eigenvalue weighted by Crippen LogP contribution is 2.36. The molecule has 0 aliphatic carbocycles. The molecule has 3 nitrogen and oxygen atoms in total. The van der Waals surface area contributed by atoms with Gasteiger partial charge in [0.25, 0.3) is 5.97 Å². The summed E-state index contributed by atoms with van der Waals surface area (Å²) in [5.74, 6) is -4.25. The van der Waals surface area contributed by atoms with Crippen LogP contribution in [0.15, 0.2) is 18.2 Å². The van der Waals surface area contributed by atoms with Gasteiger partial charge < -0.3 is 14.6 Å². The number of halogens is 2. The lowest BCUT2D eigenvalue weighted by Crippen LogP contribution is -2.42. The Labute approximate surface area is 150 Å². The Bertz CT molecular complexity index is 488. The van der Waals surface area contributed by atoms with Crippen LogP contribution in [0.4, 0.5) is 8.78 Å². The van der Waals surface area contributed by atoms with Crippen molar-refractivity contribution in [3.05, 3.63) is 35.4 Å². The molecule has 1 unspecified atom stereocenters. The predicted octanol–water partition coefficient (Wildman–Crippen LogP) is 5.52. The van der Waals surface area contributed by atoms with Crippen molar-refractivity contribution in [1.29, 1.82) is 0 Å². The van der Waals surface area contributed by atoms with Crippen molar-refractivity contribution in [2.75, 3.05) is 13.2 Å². The van der Waals surface area contributed by atoms with Crippen molar-refractivity contribution >= 4 is 0 Å². The molecule has 0 aliphatic rings. The lowest BCUT2D eigenvalue weighted by molar-refractivity contribution is -0.370. The Kier molecular flexibility index (Phi) is 10.2. The topological polar surface area (TPSA) is 38.7 Å². The average Bonchev–Trinajstić information content (AvgIpc) is 2.57. The second-order valence-corrected chi connectivity index (χ2v) is 6.28. The first-order valence-corrected chi connectivity index (χ1v) is 9.43. The fourth-order valence-electron chi connectivity index (χ4n) is 3.07. The molecule has 0 bridgehead atoms. The van der Waals surface area contributed by atoms with Gasteiger partial charge in [-0.2, -0.15) is 0 Å².